The molecule has 0 bridgehead atoms. The Balaban J connectivity index is 0.000000257. The van der Waals surface area contributed by atoms with Crippen LogP contribution in [0.4, 0.5) is 0 Å². The Morgan fingerprint density at radius 1 is 0.667 bits per heavy atom. The van der Waals surface area contributed by atoms with Crippen molar-refractivity contribution in [2.45, 2.75) is 0 Å². The number of rotatable bonds is 1. The average Bonchev–Trinajstić information content (AvgIpc) is 3.28. The second-order valence-electron chi connectivity index (χ2n) is 6.15. The van der Waals surface area contributed by atoms with E-state index in [2.05, 4.69) is 29.2 Å². The lowest BCUT2D eigenvalue weighted by atomic mass is 9.99. The molecule has 0 saturated carbocycles. The predicted octanol–water partition coefficient (Wildman–Crippen LogP) is 5.56. The van der Waals surface area contributed by atoms with Crippen LogP contribution in [0.2, 0.25) is 0 Å². The quantitative estimate of drug-likeness (QED) is 0.371. The van der Waals surface area contributed by atoms with E-state index in [-0.39, 0.29) is 5.91 Å². The molecular formula is C24H18N2O. The third kappa shape index (κ3) is 3.62. The molecule has 3 nitrogen and oxygen atoms in total. The van der Waals surface area contributed by atoms with E-state index in [4.69, 9.17) is 0 Å². The number of fused-ring (bicyclic) bond motifs is 2. The van der Waals surface area contributed by atoms with Crippen LogP contribution in [0.5, 0.6) is 0 Å². The zero-order valence-corrected chi connectivity index (χ0v) is 14.7. The van der Waals surface area contributed by atoms with E-state index in [0.29, 0.717) is 0 Å². The average molecular weight is 350 g/mol. The highest BCUT2D eigenvalue weighted by Crippen LogP contribution is 2.26. The van der Waals surface area contributed by atoms with Crippen molar-refractivity contribution in [1.82, 2.24) is 9.55 Å². The molecule has 0 amide bonds. The van der Waals surface area contributed by atoms with Gasteiger partial charge in [0.2, 0.25) is 0 Å². The Bertz CT molecular complexity index is 1150. The number of hydrogen-bond donors (Lipinski definition) is 0. The lowest BCUT2D eigenvalue weighted by molar-refractivity contribution is 0.0962. The molecular weight excluding hydrogens is 332 g/mol. The molecule has 0 spiro atoms. The summed E-state index contributed by atoms with van der Waals surface area (Å²) in [4.78, 5) is 16.4. The number of nitrogens with zero attached hydrogens (tertiary/aromatic N) is 2. The third-order valence-corrected chi connectivity index (χ3v) is 4.38. The molecule has 0 aliphatic carbocycles. The summed E-state index contributed by atoms with van der Waals surface area (Å²) in [6.07, 6.45) is 7.06. The maximum absolute atomic E-state index is 12.6. The van der Waals surface area contributed by atoms with E-state index >= 15 is 0 Å². The second-order valence-corrected chi connectivity index (χ2v) is 6.15. The predicted molar refractivity (Wildman–Crippen MR) is 110 cm³/mol. The maximum atomic E-state index is 12.6. The molecule has 130 valence electrons. The van der Waals surface area contributed by atoms with E-state index in [0.717, 1.165) is 21.7 Å². The molecule has 0 atom stereocenters. The first kappa shape index (κ1) is 16.7. The molecule has 0 saturated heterocycles. The minimum Gasteiger partial charge on any atom is -0.291 e. The summed E-state index contributed by atoms with van der Waals surface area (Å²) in [6.45, 7) is 0. The number of hydrogen-bond acceptors (Lipinski definition) is 2. The van der Waals surface area contributed by atoms with E-state index in [1.54, 1.807) is 29.4 Å². The zero-order chi connectivity index (χ0) is 18.5. The summed E-state index contributed by atoms with van der Waals surface area (Å²) in [5.74, 6) is 0.000816. The van der Waals surface area contributed by atoms with E-state index in [9.17, 15) is 4.79 Å². The SMILES string of the molecule is O=C(c1cccc2cc3ccccc3cc12)n1cccc1.c1ccncc1. The van der Waals surface area contributed by atoms with Crippen molar-refractivity contribution >= 4 is 27.5 Å². The van der Waals surface area contributed by atoms with Crippen molar-refractivity contribution < 1.29 is 4.79 Å². The van der Waals surface area contributed by atoms with Gasteiger partial charge >= 0.3 is 0 Å². The lowest BCUT2D eigenvalue weighted by Gasteiger charge is -2.08. The molecule has 0 fully saturated rings. The monoisotopic (exact) mass is 350 g/mol. The van der Waals surface area contributed by atoms with Crippen LogP contribution in [0.25, 0.3) is 21.5 Å². The molecule has 2 aromatic heterocycles. The first-order valence-corrected chi connectivity index (χ1v) is 8.77. The molecule has 0 radical (unpaired) electrons. The van der Waals surface area contributed by atoms with Crippen molar-refractivity contribution in [2.24, 2.45) is 0 Å². The topological polar surface area (TPSA) is 34.9 Å². The Morgan fingerprint density at radius 3 is 1.96 bits per heavy atom. The van der Waals surface area contributed by atoms with Gasteiger partial charge in [0.15, 0.2) is 0 Å². The fraction of sp³-hybridized carbons (Fsp3) is 0. The van der Waals surface area contributed by atoms with Crippen LogP contribution in [0.1, 0.15) is 10.4 Å². The summed E-state index contributed by atoms with van der Waals surface area (Å²) in [5, 5.41) is 4.43. The summed E-state index contributed by atoms with van der Waals surface area (Å²) >= 11 is 0. The number of carbonyl (C=O) groups is 1. The Labute approximate surface area is 157 Å². The van der Waals surface area contributed by atoms with Crippen LogP contribution in [0.15, 0.2) is 110 Å². The summed E-state index contributed by atoms with van der Waals surface area (Å²) < 4.78 is 1.62. The number of aromatic nitrogens is 2. The second kappa shape index (κ2) is 7.67. The highest BCUT2D eigenvalue weighted by molar-refractivity contribution is 6.11. The van der Waals surface area contributed by atoms with Gasteiger partial charge in [0.1, 0.15) is 0 Å². The van der Waals surface area contributed by atoms with Gasteiger partial charge in [-0.15, -0.1) is 0 Å². The summed E-state index contributed by atoms with van der Waals surface area (Å²) in [6, 6.07) is 27.8. The van der Waals surface area contributed by atoms with E-state index < -0.39 is 0 Å². The van der Waals surface area contributed by atoms with Crippen molar-refractivity contribution in [3.63, 3.8) is 0 Å². The number of benzene rings is 3. The standard InChI is InChI=1S/C19H13NO.C5H5N/c21-19(20-10-3-4-11-20)17-9-5-8-16-12-14-6-1-2-7-15(14)13-18(16)17;1-2-4-6-5-3-1/h1-13H;1-5H. The van der Waals surface area contributed by atoms with Gasteiger partial charge in [-0.2, -0.15) is 0 Å². The minimum atomic E-state index is 0.000816. The number of pyridine rings is 1. The number of carbonyl (C=O) groups excluding carboxylic acids is 1. The Hall–Kier alpha value is -3.72. The van der Waals surface area contributed by atoms with Gasteiger partial charge in [-0.3, -0.25) is 14.3 Å². The molecule has 27 heavy (non-hydrogen) atoms. The van der Waals surface area contributed by atoms with Gasteiger partial charge in [0.25, 0.3) is 5.91 Å². The third-order valence-electron chi connectivity index (χ3n) is 4.38. The fourth-order valence-corrected chi connectivity index (χ4v) is 3.07. The summed E-state index contributed by atoms with van der Waals surface area (Å²) in [7, 11) is 0. The zero-order valence-electron chi connectivity index (χ0n) is 14.7. The fourth-order valence-electron chi connectivity index (χ4n) is 3.07. The van der Waals surface area contributed by atoms with Gasteiger partial charge in [-0.1, -0.05) is 42.5 Å². The normalized spacial score (nSPS) is 10.4. The van der Waals surface area contributed by atoms with Gasteiger partial charge < -0.3 is 0 Å². The molecule has 5 aromatic rings. The smallest absolute Gasteiger partial charge is 0.262 e. The molecule has 0 N–H and O–H groups in total. The molecule has 3 heteroatoms. The largest absolute Gasteiger partial charge is 0.291 e. The first-order valence-electron chi connectivity index (χ1n) is 8.77. The molecule has 2 heterocycles. The van der Waals surface area contributed by atoms with Crippen molar-refractivity contribution in [3.8, 4) is 0 Å². The summed E-state index contributed by atoms with van der Waals surface area (Å²) in [5.41, 5.74) is 0.731. The van der Waals surface area contributed by atoms with Gasteiger partial charge in [-0.05, 0) is 64.0 Å². The van der Waals surface area contributed by atoms with E-state index in [1.807, 2.05) is 60.7 Å². The van der Waals surface area contributed by atoms with Crippen LogP contribution in [-0.4, -0.2) is 15.5 Å². The van der Waals surface area contributed by atoms with Crippen LogP contribution < -0.4 is 0 Å². The molecule has 0 aliphatic rings. The van der Waals surface area contributed by atoms with Crippen molar-refractivity contribution in [1.29, 1.82) is 0 Å². The highest BCUT2D eigenvalue weighted by Gasteiger charge is 2.11. The van der Waals surface area contributed by atoms with Crippen LogP contribution in [0, 0.1) is 0 Å². The van der Waals surface area contributed by atoms with Gasteiger partial charge in [-0.25, -0.2) is 0 Å². The first-order chi connectivity index (χ1) is 13.3. The highest BCUT2D eigenvalue weighted by atomic mass is 16.2. The molecule has 0 aliphatic heterocycles. The van der Waals surface area contributed by atoms with Crippen LogP contribution >= 0.6 is 0 Å². The van der Waals surface area contributed by atoms with Crippen molar-refractivity contribution in [3.05, 3.63) is 115 Å². The molecule has 0 unspecified atom stereocenters. The molecule has 3 aromatic carbocycles. The van der Waals surface area contributed by atoms with Gasteiger partial charge in [0, 0.05) is 30.4 Å². The van der Waals surface area contributed by atoms with Crippen molar-refractivity contribution in [2.75, 3.05) is 0 Å². The Kier molecular flexibility index (Phi) is 4.75. The van der Waals surface area contributed by atoms with Crippen LogP contribution in [-0.2, 0) is 0 Å². The molecule has 5 rings (SSSR count). The maximum Gasteiger partial charge on any atom is 0.262 e. The lowest BCUT2D eigenvalue weighted by Crippen LogP contribution is -2.09. The van der Waals surface area contributed by atoms with Crippen LogP contribution in [0.3, 0.4) is 0 Å². The Morgan fingerprint density at radius 2 is 1.33 bits per heavy atom. The minimum absolute atomic E-state index is 0.000816. The van der Waals surface area contributed by atoms with E-state index in [1.165, 1.54) is 5.39 Å². The van der Waals surface area contributed by atoms with Gasteiger partial charge in [0.05, 0.1) is 0 Å².